The van der Waals surface area contributed by atoms with Gasteiger partial charge < -0.3 is 0 Å². The van der Waals surface area contributed by atoms with Crippen molar-refractivity contribution in [3.05, 3.63) is 526 Å². The third-order valence-corrected chi connectivity index (χ3v) is 20.6. The van der Waals surface area contributed by atoms with E-state index in [0.29, 0.717) is 0 Å². The summed E-state index contributed by atoms with van der Waals surface area (Å²) in [5.41, 5.74) is 19.0. The van der Waals surface area contributed by atoms with Crippen LogP contribution in [-0.4, -0.2) is 13.4 Å². The molecule has 0 heterocycles. The minimum absolute atomic E-state index is 0.603. The van der Waals surface area contributed by atoms with Crippen LogP contribution in [-0.2, 0) is 21.3 Å². The molecule has 0 saturated carbocycles. The van der Waals surface area contributed by atoms with Gasteiger partial charge in [-0.05, 0) is 91.0 Å². The van der Waals surface area contributed by atoms with Crippen LogP contribution in [0.4, 0.5) is 0 Å². The lowest BCUT2D eigenvalue weighted by Crippen LogP contribution is -2.67. The van der Waals surface area contributed by atoms with E-state index < -0.39 is 34.7 Å². The Morgan fingerprint density at radius 3 is 0.420 bits per heavy atom. The molecule has 0 nitrogen and oxygen atoms in total. The predicted octanol–water partition coefficient (Wildman–Crippen LogP) is 20.2. The molecule has 15 rings (SSSR count). The van der Waals surface area contributed by atoms with Gasteiger partial charge in [-0.25, -0.2) is 0 Å². The first kappa shape index (κ1) is 63.6. The lowest BCUT2D eigenvalue weighted by atomic mass is 9.12. The summed E-state index contributed by atoms with van der Waals surface area (Å²) in [5, 5.41) is -4.15. The van der Waals surface area contributed by atoms with Gasteiger partial charge in [0.25, 0.3) is 0 Å². The highest BCUT2D eigenvalue weighted by molar-refractivity contribution is 6.84. The van der Waals surface area contributed by atoms with Crippen LogP contribution in [0.3, 0.4) is 0 Å². The molecule has 15 aromatic carbocycles. The van der Waals surface area contributed by atoms with Gasteiger partial charge in [-0.15, -0.1) is 0 Å². The third kappa shape index (κ3) is 11.6. The second-order valence-electron chi connectivity index (χ2n) is 25.7. The molecule has 0 N–H and O–H groups in total. The maximum Gasteiger partial charge on any atom is 0.220 e. The Labute approximate surface area is 591 Å². The van der Waals surface area contributed by atoms with Crippen molar-refractivity contribution in [1.82, 2.24) is 0 Å². The van der Waals surface area contributed by atoms with Crippen LogP contribution in [0.5, 0.6) is 0 Å². The Morgan fingerprint density at radius 2 is 0.280 bits per heavy atom. The lowest BCUT2D eigenvalue weighted by molar-refractivity contribution is 0.758. The van der Waals surface area contributed by atoms with E-state index in [1.54, 1.807) is 0 Å². The highest BCUT2D eigenvalue weighted by Gasteiger charge is 2.63. The van der Waals surface area contributed by atoms with Crippen LogP contribution in [0.1, 0.15) is 89.0 Å². The lowest BCUT2D eigenvalue weighted by Gasteiger charge is -2.53. The molecule has 100 heavy (non-hydrogen) atoms. The molecule has 0 aliphatic heterocycles. The molecule has 470 valence electrons. The summed E-state index contributed by atoms with van der Waals surface area (Å²) >= 11 is 0. The van der Waals surface area contributed by atoms with E-state index in [1.165, 1.54) is 0 Å². The maximum atomic E-state index is 4.20. The molecular formula is C98H72B2. The number of hydrogen-bond acceptors (Lipinski definition) is 0. The van der Waals surface area contributed by atoms with E-state index >= 15 is 0 Å². The van der Waals surface area contributed by atoms with Gasteiger partial charge in [0.15, 0.2) is 0 Å². The van der Waals surface area contributed by atoms with Crippen molar-refractivity contribution in [1.29, 1.82) is 0 Å². The van der Waals surface area contributed by atoms with Crippen LogP contribution >= 0.6 is 0 Å². The van der Waals surface area contributed by atoms with E-state index in [2.05, 4.69) is 460 Å². The van der Waals surface area contributed by atoms with Crippen molar-refractivity contribution >= 4 is 24.4 Å². The van der Waals surface area contributed by atoms with Gasteiger partial charge in [-0.3, -0.25) is 0 Å². The van der Waals surface area contributed by atoms with E-state index in [4.69, 9.17) is 0 Å². The second-order valence-corrected chi connectivity index (χ2v) is 25.7. The zero-order valence-electron chi connectivity index (χ0n) is 55.7. The normalized spacial score (nSPS) is 11.4. The SMILES string of the molecule is C(#Cc1cc(B(C(c2ccccc2)(c2ccccc2)c2ccccc2)C(c2ccccc2)(c2ccccc2)c2ccccc2)c(C#Cc2ccccc2)cc1B(C(c1ccccc1)(c1ccccc1)c1ccccc1)C(c1ccccc1)(c1ccccc1)c1ccccc1)c1ccccc1. The van der Waals surface area contributed by atoms with Crippen LogP contribution in [0, 0.1) is 23.7 Å². The van der Waals surface area contributed by atoms with Crippen LogP contribution < -0.4 is 10.9 Å². The molecule has 15 aromatic rings. The molecule has 0 aliphatic carbocycles. The first-order chi connectivity index (χ1) is 49.6. The molecule has 0 unspecified atom stereocenters. The molecule has 0 aliphatic rings. The molecule has 0 atom stereocenters. The van der Waals surface area contributed by atoms with Crippen molar-refractivity contribution in [2.45, 2.75) is 21.3 Å². The molecule has 0 spiro atoms. The second kappa shape index (κ2) is 29.1. The predicted molar refractivity (Wildman–Crippen MR) is 419 cm³/mol. The zero-order chi connectivity index (χ0) is 67.3. The summed E-state index contributed by atoms with van der Waals surface area (Å²) < 4.78 is 0. The van der Waals surface area contributed by atoms with Gasteiger partial charge in [0, 0.05) is 43.5 Å². The van der Waals surface area contributed by atoms with Crippen molar-refractivity contribution in [3.63, 3.8) is 0 Å². The topological polar surface area (TPSA) is 0 Å². The number of benzene rings is 15. The van der Waals surface area contributed by atoms with Gasteiger partial charge >= 0.3 is 0 Å². The highest BCUT2D eigenvalue weighted by atomic mass is 14.5. The molecule has 0 saturated heterocycles. The Bertz CT molecular complexity index is 4260. The standard InChI is InChI=1S/C98H72B2/c1-15-43-77(44-16-1)71-73-79-75-94(100(97(87-59-31-9-32-60-87,88-61-33-10-34-62-88)89-63-35-11-36-64-89)98(90-65-37-12-38-66-90,91-67-39-13-40-68-91)92-69-41-14-42-70-92)80(74-72-78-45-17-2-18-46-78)76-93(79)99(95(81-47-19-3-20-48-81,82-49-21-4-22-50-82)83-51-23-5-24-52-83)96(84-53-25-6-26-54-84,85-55-27-7-28-56-85)86-57-29-8-30-58-86/h1-70,75-76H. The fourth-order valence-electron chi connectivity index (χ4n) is 16.6. The smallest absolute Gasteiger partial charge is 0.0622 e. The van der Waals surface area contributed by atoms with Gasteiger partial charge in [0.2, 0.25) is 13.4 Å². The monoisotopic (exact) mass is 1270 g/mol. The Balaban J connectivity index is 1.26. The summed E-state index contributed by atoms with van der Waals surface area (Å²) in [7, 11) is 0. The quantitative estimate of drug-likeness (QED) is 0.0456. The van der Waals surface area contributed by atoms with Crippen molar-refractivity contribution < 1.29 is 0 Å². The minimum atomic E-state index is -1.04. The fourth-order valence-corrected chi connectivity index (χ4v) is 16.6. The first-order valence-electron chi connectivity index (χ1n) is 34.6. The summed E-state index contributed by atoms with van der Waals surface area (Å²) in [4.78, 5) is 0. The average molecular weight is 1270 g/mol. The van der Waals surface area contributed by atoms with Crippen LogP contribution in [0.2, 0.25) is 0 Å². The minimum Gasteiger partial charge on any atom is -0.0622 e. The van der Waals surface area contributed by atoms with Gasteiger partial charge in [0.05, 0.1) is 0 Å². The summed E-state index contributed by atoms with van der Waals surface area (Å²) in [6.07, 6.45) is 0. The van der Waals surface area contributed by atoms with Crippen LogP contribution in [0.15, 0.2) is 437 Å². The number of rotatable bonds is 18. The molecule has 0 fully saturated rings. The average Bonchev–Trinajstić information content (AvgIpc) is 0.687. The van der Waals surface area contributed by atoms with Crippen molar-refractivity contribution in [3.8, 4) is 23.7 Å². The zero-order valence-corrected chi connectivity index (χ0v) is 55.7. The van der Waals surface area contributed by atoms with E-state index in [0.717, 1.165) is 99.9 Å². The maximum absolute atomic E-state index is 4.20. The van der Waals surface area contributed by atoms with Gasteiger partial charge in [-0.1, -0.05) is 447 Å². The third-order valence-electron chi connectivity index (χ3n) is 20.6. The Kier molecular flexibility index (Phi) is 18.5. The largest absolute Gasteiger partial charge is 0.220 e. The summed E-state index contributed by atoms with van der Waals surface area (Å²) in [6, 6.07) is 162. The number of hydrogen-bond donors (Lipinski definition) is 0. The molecule has 2 heteroatoms. The van der Waals surface area contributed by atoms with Crippen molar-refractivity contribution in [2.24, 2.45) is 0 Å². The van der Waals surface area contributed by atoms with Gasteiger partial charge in [-0.2, -0.15) is 0 Å². The highest BCUT2D eigenvalue weighted by Crippen LogP contribution is 2.56. The summed E-state index contributed by atoms with van der Waals surface area (Å²) in [6.45, 7) is -1.21. The van der Waals surface area contributed by atoms with Crippen molar-refractivity contribution in [2.75, 3.05) is 0 Å². The van der Waals surface area contributed by atoms with Crippen LogP contribution in [0.25, 0.3) is 0 Å². The molecule has 0 bridgehead atoms. The molecule has 0 amide bonds. The van der Waals surface area contributed by atoms with E-state index in [1.807, 2.05) is 0 Å². The van der Waals surface area contributed by atoms with Gasteiger partial charge in [0.1, 0.15) is 0 Å². The molecule has 0 radical (unpaired) electrons. The molecular weight excluding hydrogens is 1200 g/mol. The fraction of sp³-hybridized carbons (Fsp3) is 0.0408. The first-order valence-corrected chi connectivity index (χ1v) is 34.6. The summed E-state index contributed by atoms with van der Waals surface area (Å²) in [5.74, 6) is 16.3. The Morgan fingerprint density at radius 1 is 0.150 bits per heavy atom. The Hall–Kier alpha value is -12.5. The molecule has 0 aromatic heterocycles. The van der Waals surface area contributed by atoms with E-state index in [-0.39, 0.29) is 0 Å². The van der Waals surface area contributed by atoms with E-state index in [9.17, 15) is 0 Å².